The summed E-state index contributed by atoms with van der Waals surface area (Å²) in [6.07, 6.45) is 1.52. The van der Waals surface area contributed by atoms with Crippen LogP contribution in [0.4, 0.5) is 17.1 Å². The average molecular weight is 467 g/mol. The summed E-state index contributed by atoms with van der Waals surface area (Å²) in [5.41, 5.74) is 0.736. The van der Waals surface area contributed by atoms with Crippen molar-refractivity contribution < 1.29 is 19.3 Å². The monoisotopic (exact) mass is 466 g/mol. The Kier molecular flexibility index (Phi) is 4.07. The van der Waals surface area contributed by atoms with Gasteiger partial charge in [-0.25, -0.2) is 4.90 Å². The molecule has 4 aliphatic heterocycles. The lowest BCUT2D eigenvalue weighted by Crippen LogP contribution is -2.54. The van der Waals surface area contributed by atoms with Crippen molar-refractivity contribution in [2.45, 2.75) is 31.3 Å². The van der Waals surface area contributed by atoms with E-state index in [0.717, 1.165) is 28.5 Å². The van der Waals surface area contributed by atoms with Gasteiger partial charge in [-0.2, -0.15) is 0 Å². The van der Waals surface area contributed by atoms with Crippen molar-refractivity contribution in [3.63, 3.8) is 0 Å². The van der Waals surface area contributed by atoms with E-state index < -0.39 is 34.1 Å². The molecule has 0 aliphatic carbocycles. The smallest absolute Gasteiger partial charge is 0.289 e. The van der Waals surface area contributed by atoms with Gasteiger partial charge in [0.2, 0.25) is 17.7 Å². The van der Waals surface area contributed by atoms with Crippen molar-refractivity contribution in [3.05, 3.63) is 62.7 Å². The van der Waals surface area contributed by atoms with Gasteiger partial charge >= 0.3 is 0 Å². The number of imide groups is 1. The van der Waals surface area contributed by atoms with Crippen molar-refractivity contribution in [2.75, 3.05) is 16.8 Å². The second-order valence-corrected chi connectivity index (χ2v) is 9.44. The molecule has 0 unspecified atom stereocenters. The lowest BCUT2D eigenvalue weighted by Gasteiger charge is -2.36. The Balaban J connectivity index is 1.54. The van der Waals surface area contributed by atoms with Crippen LogP contribution in [0.25, 0.3) is 0 Å². The second-order valence-electron chi connectivity index (χ2n) is 9.03. The standard InChI is InChI=1S/C23H19ClN4O5/c1-11-4-2-5-13-19(11)25-22(31)23(13)18-17(15-6-3-9-26(15)23)20(29)27(21(18)30)12-7-8-14(24)16(10-12)28(32)33/h2,4-5,7-8,10,15,17-18H,3,6,9H2,1H3,(H,25,31)/t15-,17-,18+,23+/m1/s1. The summed E-state index contributed by atoms with van der Waals surface area (Å²) in [6.45, 7) is 2.51. The van der Waals surface area contributed by atoms with Crippen LogP contribution in [0.1, 0.15) is 24.0 Å². The third kappa shape index (κ3) is 2.33. The molecule has 3 fully saturated rings. The predicted molar refractivity (Wildman–Crippen MR) is 119 cm³/mol. The largest absolute Gasteiger partial charge is 0.324 e. The molecule has 168 valence electrons. The molecular formula is C23H19ClN4O5. The van der Waals surface area contributed by atoms with Crippen LogP contribution in [-0.2, 0) is 19.9 Å². The lowest BCUT2D eigenvalue weighted by atomic mass is 9.75. The number of benzene rings is 2. The highest BCUT2D eigenvalue weighted by molar-refractivity contribution is 6.33. The van der Waals surface area contributed by atoms with Gasteiger partial charge in [0.1, 0.15) is 10.6 Å². The maximum Gasteiger partial charge on any atom is 0.289 e. The minimum absolute atomic E-state index is 0.0824. The van der Waals surface area contributed by atoms with Crippen LogP contribution < -0.4 is 10.2 Å². The van der Waals surface area contributed by atoms with Gasteiger partial charge in [-0.3, -0.25) is 29.4 Å². The average Bonchev–Trinajstić information content (AvgIpc) is 3.48. The van der Waals surface area contributed by atoms with Crippen molar-refractivity contribution in [1.82, 2.24) is 4.90 Å². The molecular weight excluding hydrogens is 448 g/mol. The molecule has 33 heavy (non-hydrogen) atoms. The zero-order valence-electron chi connectivity index (χ0n) is 17.6. The van der Waals surface area contributed by atoms with Gasteiger partial charge in [-0.05, 0) is 44.0 Å². The number of amides is 3. The Labute approximate surface area is 193 Å². The Bertz CT molecular complexity index is 1300. The summed E-state index contributed by atoms with van der Waals surface area (Å²) in [7, 11) is 0. The van der Waals surface area contributed by atoms with Crippen LogP contribution in [0.2, 0.25) is 5.02 Å². The van der Waals surface area contributed by atoms with Gasteiger partial charge in [-0.15, -0.1) is 0 Å². The van der Waals surface area contributed by atoms with Crippen molar-refractivity contribution in [2.24, 2.45) is 11.8 Å². The number of nitro groups is 1. The number of halogens is 1. The second kappa shape index (κ2) is 6.61. The molecule has 10 heteroatoms. The van der Waals surface area contributed by atoms with Gasteiger partial charge in [0.25, 0.3) is 5.69 Å². The molecule has 1 spiro atoms. The van der Waals surface area contributed by atoms with Crippen LogP contribution in [0, 0.1) is 28.9 Å². The molecule has 4 atom stereocenters. The number of carbonyl (C=O) groups excluding carboxylic acids is 3. The van der Waals surface area contributed by atoms with Gasteiger partial charge in [-0.1, -0.05) is 29.8 Å². The number of hydrogen-bond donors (Lipinski definition) is 1. The summed E-state index contributed by atoms with van der Waals surface area (Å²) in [4.78, 5) is 55.0. The highest BCUT2D eigenvalue weighted by Crippen LogP contribution is 2.61. The quantitative estimate of drug-likeness (QED) is 0.413. The van der Waals surface area contributed by atoms with E-state index in [4.69, 9.17) is 11.6 Å². The topological polar surface area (TPSA) is 113 Å². The van der Waals surface area contributed by atoms with Gasteiger partial charge < -0.3 is 5.32 Å². The lowest BCUT2D eigenvalue weighted by molar-refractivity contribution is -0.384. The Morgan fingerprint density at radius 2 is 1.97 bits per heavy atom. The summed E-state index contributed by atoms with van der Waals surface area (Å²) in [6, 6.07) is 9.23. The number of nitrogens with one attached hydrogen (secondary N) is 1. The third-order valence-electron chi connectivity index (χ3n) is 7.62. The first-order chi connectivity index (χ1) is 15.8. The van der Waals surface area contributed by atoms with E-state index in [2.05, 4.69) is 5.32 Å². The fourth-order valence-electron chi connectivity index (χ4n) is 6.41. The molecule has 2 aromatic carbocycles. The molecule has 9 nitrogen and oxygen atoms in total. The molecule has 4 heterocycles. The molecule has 4 aliphatic rings. The van der Waals surface area contributed by atoms with Crippen LogP contribution in [0.3, 0.4) is 0 Å². The summed E-state index contributed by atoms with van der Waals surface area (Å²) < 4.78 is 0. The van der Waals surface area contributed by atoms with E-state index >= 15 is 0 Å². The third-order valence-corrected chi connectivity index (χ3v) is 7.94. The zero-order chi connectivity index (χ0) is 23.2. The molecule has 3 saturated heterocycles. The van der Waals surface area contributed by atoms with E-state index in [1.54, 1.807) is 0 Å². The number of aryl methyl sites for hydroxylation is 1. The summed E-state index contributed by atoms with van der Waals surface area (Å²) in [5, 5.41) is 14.3. The molecule has 1 N–H and O–H groups in total. The van der Waals surface area contributed by atoms with Crippen LogP contribution in [-0.4, -0.2) is 40.1 Å². The van der Waals surface area contributed by atoms with E-state index in [1.165, 1.54) is 12.1 Å². The number of para-hydroxylation sites is 1. The molecule has 3 amide bonds. The Morgan fingerprint density at radius 1 is 1.18 bits per heavy atom. The highest BCUT2D eigenvalue weighted by Gasteiger charge is 2.74. The number of fused-ring (bicyclic) bond motifs is 7. The molecule has 0 bridgehead atoms. The van der Waals surface area contributed by atoms with E-state index in [0.29, 0.717) is 18.7 Å². The van der Waals surface area contributed by atoms with E-state index in [1.807, 2.05) is 30.0 Å². The number of nitro benzene ring substituents is 1. The normalized spacial score (nSPS) is 30.1. The zero-order valence-corrected chi connectivity index (χ0v) is 18.3. The van der Waals surface area contributed by atoms with Gasteiger partial charge in [0.15, 0.2) is 0 Å². The van der Waals surface area contributed by atoms with Crippen molar-refractivity contribution in [3.8, 4) is 0 Å². The van der Waals surface area contributed by atoms with Crippen LogP contribution in [0.5, 0.6) is 0 Å². The molecule has 0 aromatic heterocycles. The Hall–Kier alpha value is -3.30. The molecule has 2 aromatic rings. The fraction of sp³-hybridized carbons (Fsp3) is 0.348. The maximum atomic E-state index is 13.9. The summed E-state index contributed by atoms with van der Waals surface area (Å²) >= 11 is 5.94. The first-order valence-corrected chi connectivity index (χ1v) is 11.2. The number of hydrogen-bond acceptors (Lipinski definition) is 6. The first kappa shape index (κ1) is 20.3. The van der Waals surface area contributed by atoms with Gasteiger partial charge in [0.05, 0.1) is 22.4 Å². The first-order valence-electron chi connectivity index (χ1n) is 10.8. The SMILES string of the molecule is Cc1cccc2c1NC(=O)[C@@]21[C@@H]2C(=O)N(c3ccc(Cl)c([N+](=O)[O-])c3)C(=O)[C@@H]2[C@H]2CCCN21. The molecule has 6 rings (SSSR count). The number of carbonyl (C=O) groups is 3. The molecule has 0 saturated carbocycles. The highest BCUT2D eigenvalue weighted by atomic mass is 35.5. The van der Waals surface area contributed by atoms with Crippen LogP contribution >= 0.6 is 11.6 Å². The minimum atomic E-state index is -1.27. The molecule has 0 radical (unpaired) electrons. The Morgan fingerprint density at radius 3 is 2.73 bits per heavy atom. The van der Waals surface area contributed by atoms with E-state index in [-0.39, 0.29) is 28.3 Å². The van der Waals surface area contributed by atoms with Crippen LogP contribution in [0.15, 0.2) is 36.4 Å². The minimum Gasteiger partial charge on any atom is -0.324 e. The summed E-state index contributed by atoms with van der Waals surface area (Å²) in [5.74, 6) is -2.85. The fourth-order valence-corrected chi connectivity index (χ4v) is 6.60. The number of nitrogens with zero attached hydrogens (tertiary/aromatic N) is 3. The van der Waals surface area contributed by atoms with Gasteiger partial charge in [0, 0.05) is 23.4 Å². The van der Waals surface area contributed by atoms with Crippen molar-refractivity contribution >= 4 is 46.4 Å². The number of anilines is 2. The van der Waals surface area contributed by atoms with E-state index in [9.17, 15) is 24.5 Å². The van der Waals surface area contributed by atoms with Crippen molar-refractivity contribution in [1.29, 1.82) is 0 Å². The number of rotatable bonds is 2. The maximum absolute atomic E-state index is 13.9. The predicted octanol–water partition coefficient (Wildman–Crippen LogP) is 2.99.